The molecular weight excluding hydrogens is 1230 g/mol. The van der Waals surface area contributed by atoms with Crippen molar-refractivity contribution in [1.29, 1.82) is 15.8 Å². The Morgan fingerprint density at radius 2 is 0.938 bits per heavy atom. The Labute approximate surface area is 549 Å². The molecule has 0 saturated carbocycles. The number of nitriles is 3. The van der Waals surface area contributed by atoms with Gasteiger partial charge in [0.1, 0.15) is 34.6 Å². The molecule has 0 unspecified atom stereocenters. The number of hydrogen-bond donors (Lipinski definition) is 6. The molecule has 0 radical (unpaired) electrons. The molecule has 0 fully saturated rings. The summed E-state index contributed by atoms with van der Waals surface area (Å²) in [6.45, 7) is 16.7. The van der Waals surface area contributed by atoms with Crippen LogP contribution in [0.15, 0.2) is 150 Å². The summed E-state index contributed by atoms with van der Waals surface area (Å²) in [6, 6.07) is 34.7. The highest BCUT2D eigenvalue weighted by Crippen LogP contribution is 2.33. The van der Waals surface area contributed by atoms with Crippen LogP contribution >= 0.6 is 0 Å². The van der Waals surface area contributed by atoms with E-state index in [-0.39, 0.29) is 71.2 Å². The zero-order valence-electron chi connectivity index (χ0n) is 54.2. The van der Waals surface area contributed by atoms with Gasteiger partial charge in [-0.3, -0.25) is 43.5 Å². The van der Waals surface area contributed by atoms with Gasteiger partial charge in [-0.05, 0) is 180 Å². The average Bonchev–Trinajstić information content (AvgIpc) is 0.793. The van der Waals surface area contributed by atoms with Gasteiger partial charge in [0.25, 0.3) is 16.7 Å². The Balaban J connectivity index is 0.000000212. The van der Waals surface area contributed by atoms with Crippen LogP contribution < -0.4 is 63.7 Å². The molecule has 0 aliphatic rings. The lowest BCUT2D eigenvalue weighted by atomic mass is 10.1. The number of ether oxygens (including phenoxy) is 4. The van der Waals surface area contributed by atoms with E-state index in [2.05, 4.69) is 35.2 Å². The van der Waals surface area contributed by atoms with Crippen LogP contribution in [0.4, 0.5) is 20.4 Å². The van der Waals surface area contributed by atoms with Crippen molar-refractivity contribution in [1.82, 2.24) is 39.0 Å². The molecule has 5 heterocycles. The second-order valence-electron chi connectivity index (χ2n) is 22.8. The fraction of sp³-hybridized carbons (Fsp3) is 0.225. The summed E-state index contributed by atoms with van der Waals surface area (Å²) in [6.07, 6.45) is 8.96. The Morgan fingerprint density at radius 1 is 0.521 bits per heavy atom. The highest BCUT2D eigenvalue weighted by Gasteiger charge is 2.24. The fourth-order valence-corrected chi connectivity index (χ4v) is 9.97. The monoisotopic (exact) mass is 1300 g/mol. The number of halogens is 2. The van der Waals surface area contributed by atoms with Crippen molar-refractivity contribution in [2.24, 2.45) is 0 Å². The molecule has 7 N–H and O–H groups in total. The van der Waals surface area contributed by atoms with Crippen LogP contribution in [-0.4, -0.2) is 46.1 Å². The van der Waals surface area contributed by atoms with Gasteiger partial charge in [-0.15, -0.1) is 0 Å². The van der Waals surface area contributed by atoms with Gasteiger partial charge in [0.2, 0.25) is 29.5 Å². The molecule has 0 saturated heterocycles. The molecule has 23 nitrogen and oxygen atoms in total. The van der Waals surface area contributed by atoms with Crippen molar-refractivity contribution < 1.29 is 27.7 Å². The standard InChI is InChI=1S/C31H30FN5O4.C23H22FN5O3.C17H17N3O3/c1-19(2)28-29(38)36-31(39)37(30(28)41-25-13-20(3)12-22(14-25)6-5-11-33)18-23-15-26(32)35-27(16-23)34-17-21-7-9-24(40-4)10-8-21;1-13(2)20-21(30)28-23(31)29(12-16-10-18(24)27-19(26)11-16)22(20)32-17-8-14(3)7-15(9-17)5-4-6-25;1-10(2)14-15(21)19-17(22)20-16(14)23-13-8-11(3)7-12(9-13)5-4-6-18/h5-10,12-16,19H,17-18H2,1-4H3,(H,34,35)(H,36,38,39);4-5,7-11,13H,12H2,1-3H3,(H2,26,27)(H,28,30,31);4-5,7-10H,1-3H3,(H2,19,20,21,22)/b6-5+;2*5-4+. The van der Waals surface area contributed by atoms with E-state index in [1.807, 2.05) is 109 Å². The summed E-state index contributed by atoms with van der Waals surface area (Å²) in [4.78, 5) is 91.5. The van der Waals surface area contributed by atoms with Crippen molar-refractivity contribution in [3.8, 4) is 58.8 Å². The number of methoxy groups -OCH3 is 1. The molecule has 0 atom stereocenters. The van der Waals surface area contributed by atoms with Crippen molar-refractivity contribution in [3.63, 3.8) is 0 Å². The van der Waals surface area contributed by atoms with Gasteiger partial charge < -0.3 is 30.0 Å². The van der Waals surface area contributed by atoms with E-state index in [4.69, 9.17) is 40.5 Å². The fourth-order valence-electron chi connectivity index (χ4n) is 9.97. The number of allylic oxidation sites excluding steroid dienone is 3. The van der Waals surface area contributed by atoms with Crippen LogP contribution in [-0.2, 0) is 19.6 Å². The number of anilines is 2. The number of pyridine rings is 2. The second-order valence-corrected chi connectivity index (χ2v) is 22.8. The van der Waals surface area contributed by atoms with Crippen molar-refractivity contribution in [2.75, 3.05) is 18.2 Å². The number of nitrogens with two attached hydrogens (primary N) is 1. The van der Waals surface area contributed by atoms with Gasteiger partial charge in [-0.2, -0.15) is 24.6 Å². The zero-order valence-corrected chi connectivity index (χ0v) is 54.2. The lowest BCUT2D eigenvalue weighted by Crippen LogP contribution is -2.34. The van der Waals surface area contributed by atoms with Crippen molar-refractivity contribution in [2.45, 2.75) is 99.7 Å². The first-order valence-electron chi connectivity index (χ1n) is 29.9. The number of H-pyrrole nitrogens is 4. The molecule has 0 aliphatic heterocycles. The summed E-state index contributed by atoms with van der Waals surface area (Å²) in [5.41, 5.74) is 9.56. The quantitative estimate of drug-likeness (QED) is 0.0305. The lowest BCUT2D eigenvalue weighted by molar-refractivity contribution is 0.409. The summed E-state index contributed by atoms with van der Waals surface area (Å²) in [7, 11) is 1.59. The molecular formula is C71H69F2N13O10. The van der Waals surface area contributed by atoms with E-state index < -0.39 is 45.6 Å². The van der Waals surface area contributed by atoms with Crippen LogP contribution in [0.5, 0.6) is 40.6 Å². The van der Waals surface area contributed by atoms with Crippen molar-refractivity contribution in [3.05, 3.63) is 263 Å². The van der Waals surface area contributed by atoms with Gasteiger partial charge in [-0.1, -0.05) is 71.9 Å². The van der Waals surface area contributed by atoms with Crippen LogP contribution in [0.1, 0.15) is 126 Å². The molecule has 0 spiro atoms. The Morgan fingerprint density at radius 3 is 1.35 bits per heavy atom. The number of nitrogen functional groups attached to an aromatic ring is 1. The van der Waals surface area contributed by atoms with E-state index in [0.717, 1.165) is 50.8 Å². The molecule has 9 aromatic rings. The number of aromatic nitrogens is 8. The molecule has 0 bridgehead atoms. The normalized spacial score (nSPS) is 11.0. The number of nitrogens with one attached hydrogen (secondary N) is 5. The van der Waals surface area contributed by atoms with Gasteiger partial charge >= 0.3 is 17.1 Å². The molecule has 0 amide bonds. The number of aromatic amines is 4. The number of rotatable bonds is 20. The smallest absolute Gasteiger partial charge is 0.331 e. The number of benzene rings is 4. The zero-order chi connectivity index (χ0) is 69.9. The molecule has 492 valence electrons. The Kier molecular flexibility index (Phi) is 24.2. The van der Waals surface area contributed by atoms with E-state index in [9.17, 15) is 37.5 Å². The molecule has 96 heavy (non-hydrogen) atoms. The van der Waals surface area contributed by atoms with E-state index in [1.165, 1.54) is 39.5 Å². The first-order valence-corrected chi connectivity index (χ1v) is 29.9. The lowest BCUT2D eigenvalue weighted by Gasteiger charge is -2.19. The van der Waals surface area contributed by atoms with E-state index in [0.29, 0.717) is 40.5 Å². The number of nitrogens with zero attached hydrogens (tertiary/aromatic N) is 7. The molecule has 9 rings (SSSR count). The first-order chi connectivity index (χ1) is 45.7. The van der Waals surface area contributed by atoms with Gasteiger partial charge in [0, 0.05) is 24.8 Å². The maximum Gasteiger partial charge on any atom is 0.331 e. The third-order valence-electron chi connectivity index (χ3n) is 14.0. The summed E-state index contributed by atoms with van der Waals surface area (Å²) in [5.74, 6) is 0.262. The van der Waals surface area contributed by atoms with Crippen LogP contribution in [0.3, 0.4) is 0 Å². The van der Waals surface area contributed by atoms with Gasteiger partial charge in [0.15, 0.2) is 0 Å². The number of hydrogen-bond acceptors (Lipinski definition) is 17. The molecule has 25 heteroatoms. The number of aryl methyl sites for hydroxylation is 3. The van der Waals surface area contributed by atoms with Gasteiger partial charge in [-0.25, -0.2) is 24.4 Å². The minimum absolute atomic E-state index is 0.0309. The second kappa shape index (κ2) is 32.7. The first kappa shape index (κ1) is 71.0. The molecule has 5 aromatic heterocycles. The SMILES string of the molecule is COc1ccc(CNc2cc(Cn3c(Oc4cc(C)cc(/C=C/C#N)c4)c(C(C)C)c(=O)[nH]c3=O)cc(F)n2)cc1.Cc1cc(/C=C/C#N)cc(Oc2[nH]c(=O)[nH]c(=O)c2C(C)C)c1.Cc1cc(/C=C/C#N)cc(Oc2c(C(C)C)c(=O)[nH]c(=O)n2Cc2cc(N)nc(F)c2)c1. The minimum atomic E-state index is -0.781. The topological polar surface area (TPSA) is 348 Å². The van der Waals surface area contributed by atoms with Crippen LogP contribution in [0.2, 0.25) is 0 Å². The summed E-state index contributed by atoms with van der Waals surface area (Å²) < 4.78 is 54.0. The maximum absolute atomic E-state index is 14.6. The van der Waals surface area contributed by atoms with Crippen LogP contribution in [0, 0.1) is 66.7 Å². The Bertz CT molecular complexity index is 4920. The largest absolute Gasteiger partial charge is 0.497 e. The maximum atomic E-state index is 14.6. The predicted octanol–water partition coefficient (Wildman–Crippen LogP) is 11.8. The van der Waals surface area contributed by atoms with Crippen LogP contribution in [0.25, 0.3) is 18.2 Å². The highest BCUT2D eigenvalue weighted by atomic mass is 19.1. The van der Waals surface area contributed by atoms with Gasteiger partial charge in [0.05, 0.1) is 55.1 Å². The van der Waals surface area contributed by atoms with E-state index in [1.54, 1.807) is 81.6 Å². The highest BCUT2D eigenvalue weighted by molar-refractivity contribution is 5.58. The average molecular weight is 1300 g/mol. The Hall–Kier alpha value is -12.4. The van der Waals surface area contributed by atoms with Crippen molar-refractivity contribution >= 4 is 29.9 Å². The molecule has 0 aliphatic carbocycles. The molecule has 4 aromatic carbocycles. The third kappa shape index (κ3) is 19.6. The summed E-state index contributed by atoms with van der Waals surface area (Å²) >= 11 is 0. The minimum Gasteiger partial charge on any atom is -0.497 e. The third-order valence-corrected chi connectivity index (χ3v) is 14.0. The predicted molar refractivity (Wildman–Crippen MR) is 362 cm³/mol. The summed E-state index contributed by atoms with van der Waals surface area (Å²) in [5, 5.41) is 29.4. The van der Waals surface area contributed by atoms with E-state index >= 15 is 0 Å².